The van der Waals surface area contributed by atoms with Gasteiger partial charge in [-0.2, -0.15) is 0 Å². The number of nitrogens with one attached hydrogen (secondary N) is 1. The van der Waals surface area contributed by atoms with Gasteiger partial charge in [-0.25, -0.2) is 0 Å². The maximum atomic E-state index is 5.73. The third kappa shape index (κ3) is 6.60. The lowest BCUT2D eigenvalue weighted by Gasteiger charge is -2.19. The molecule has 3 heteroatoms. The molecular formula is C16H27NO2. The maximum absolute atomic E-state index is 5.73. The zero-order valence-corrected chi connectivity index (χ0v) is 12.9. The first-order chi connectivity index (χ1) is 8.78. The number of furan rings is 1. The SMILES string of the molecule is C=C(C)CCOCc1cc(CNC(C)(C)C)oc1C. The molecule has 0 bridgehead atoms. The lowest BCUT2D eigenvalue weighted by Crippen LogP contribution is -2.34. The monoisotopic (exact) mass is 265 g/mol. The topological polar surface area (TPSA) is 34.4 Å². The highest BCUT2D eigenvalue weighted by atomic mass is 16.5. The minimum absolute atomic E-state index is 0.0961. The lowest BCUT2D eigenvalue weighted by atomic mass is 10.1. The summed E-state index contributed by atoms with van der Waals surface area (Å²) in [5, 5.41) is 3.41. The molecule has 1 N–H and O–H groups in total. The zero-order chi connectivity index (χ0) is 14.5. The fourth-order valence-electron chi connectivity index (χ4n) is 1.60. The third-order valence-corrected chi connectivity index (χ3v) is 2.80. The van der Waals surface area contributed by atoms with Crippen molar-refractivity contribution in [2.75, 3.05) is 6.61 Å². The molecule has 1 aromatic heterocycles. The Morgan fingerprint density at radius 3 is 2.68 bits per heavy atom. The van der Waals surface area contributed by atoms with Gasteiger partial charge in [0.15, 0.2) is 0 Å². The summed E-state index contributed by atoms with van der Waals surface area (Å²) >= 11 is 0. The van der Waals surface area contributed by atoms with Gasteiger partial charge < -0.3 is 14.5 Å². The summed E-state index contributed by atoms with van der Waals surface area (Å²) in [6.07, 6.45) is 0.912. The first-order valence-electron chi connectivity index (χ1n) is 6.83. The Balaban J connectivity index is 2.43. The van der Waals surface area contributed by atoms with Gasteiger partial charge in [0, 0.05) is 11.1 Å². The highest BCUT2D eigenvalue weighted by molar-refractivity contribution is 5.20. The van der Waals surface area contributed by atoms with Crippen LogP contribution in [0.5, 0.6) is 0 Å². The summed E-state index contributed by atoms with van der Waals surface area (Å²) < 4.78 is 11.4. The summed E-state index contributed by atoms with van der Waals surface area (Å²) in [4.78, 5) is 0. The molecule has 108 valence electrons. The quantitative estimate of drug-likeness (QED) is 0.598. The first kappa shape index (κ1) is 16.0. The third-order valence-electron chi connectivity index (χ3n) is 2.80. The van der Waals surface area contributed by atoms with E-state index in [1.807, 2.05) is 13.8 Å². The molecule has 0 unspecified atom stereocenters. The van der Waals surface area contributed by atoms with Crippen LogP contribution in [0.15, 0.2) is 22.6 Å². The minimum Gasteiger partial charge on any atom is -0.465 e. The number of ether oxygens (including phenoxy) is 1. The van der Waals surface area contributed by atoms with Crippen LogP contribution >= 0.6 is 0 Å². The minimum atomic E-state index is 0.0961. The predicted molar refractivity (Wildman–Crippen MR) is 79.1 cm³/mol. The standard InChI is InChI=1S/C16H27NO2/c1-12(2)7-8-18-11-14-9-15(19-13(14)3)10-17-16(4,5)6/h9,17H,1,7-8,10-11H2,2-6H3. The summed E-state index contributed by atoms with van der Waals surface area (Å²) in [6.45, 7) is 16.4. The van der Waals surface area contributed by atoms with Gasteiger partial charge in [0.1, 0.15) is 11.5 Å². The summed E-state index contributed by atoms with van der Waals surface area (Å²) in [6, 6.07) is 2.08. The first-order valence-corrected chi connectivity index (χ1v) is 6.83. The molecule has 1 aromatic rings. The van der Waals surface area contributed by atoms with Crippen LogP contribution in [-0.2, 0) is 17.9 Å². The molecule has 0 aliphatic rings. The van der Waals surface area contributed by atoms with Crippen molar-refractivity contribution < 1.29 is 9.15 Å². The van der Waals surface area contributed by atoms with E-state index in [0.717, 1.165) is 42.2 Å². The van der Waals surface area contributed by atoms with E-state index < -0.39 is 0 Å². The molecule has 0 aliphatic carbocycles. The van der Waals surface area contributed by atoms with Crippen LogP contribution in [-0.4, -0.2) is 12.1 Å². The van der Waals surface area contributed by atoms with Crippen molar-refractivity contribution in [1.29, 1.82) is 0 Å². The molecule has 3 nitrogen and oxygen atoms in total. The summed E-state index contributed by atoms with van der Waals surface area (Å²) in [7, 11) is 0. The van der Waals surface area contributed by atoms with Gasteiger partial charge in [-0.05, 0) is 47.1 Å². The van der Waals surface area contributed by atoms with Gasteiger partial charge in [-0.1, -0.05) is 5.57 Å². The second-order valence-corrected chi connectivity index (χ2v) is 6.16. The van der Waals surface area contributed by atoms with Crippen LogP contribution in [0.25, 0.3) is 0 Å². The summed E-state index contributed by atoms with van der Waals surface area (Å²) in [5.41, 5.74) is 2.38. The predicted octanol–water partition coefficient (Wildman–Crippen LogP) is 3.96. The van der Waals surface area contributed by atoms with Crippen LogP contribution in [0.2, 0.25) is 0 Å². The molecule has 0 radical (unpaired) electrons. The molecule has 0 saturated carbocycles. The Bertz CT molecular complexity index is 413. The van der Waals surface area contributed by atoms with E-state index in [4.69, 9.17) is 9.15 Å². The molecule has 19 heavy (non-hydrogen) atoms. The van der Waals surface area contributed by atoms with Crippen molar-refractivity contribution >= 4 is 0 Å². The molecule has 0 aliphatic heterocycles. The van der Waals surface area contributed by atoms with E-state index in [1.54, 1.807) is 0 Å². The Hall–Kier alpha value is -1.06. The number of hydrogen-bond acceptors (Lipinski definition) is 3. The van der Waals surface area contributed by atoms with Crippen LogP contribution in [0.3, 0.4) is 0 Å². The van der Waals surface area contributed by atoms with Crippen molar-refractivity contribution in [3.63, 3.8) is 0 Å². The van der Waals surface area contributed by atoms with E-state index in [9.17, 15) is 0 Å². The smallest absolute Gasteiger partial charge is 0.118 e. The van der Waals surface area contributed by atoms with Crippen molar-refractivity contribution in [3.8, 4) is 0 Å². The van der Waals surface area contributed by atoms with E-state index in [1.165, 1.54) is 0 Å². The molecule has 0 amide bonds. The van der Waals surface area contributed by atoms with Crippen LogP contribution in [0.4, 0.5) is 0 Å². The van der Waals surface area contributed by atoms with Gasteiger partial charge in [0.2, 0.25) is 0 Å². The Morgan fingerprint density at radius 1 is 1.42 bits per heavy atom. The molecule has 1 heterocycles. The average molecular weight is 265 g/mol. The summed E-state index contributed by atoms with van der Waals surface area (Å²) in [5.74, 6) is 1.91. The Morgan fingerprint density at radius 2 is 2.11 bits per heavy atom. The second-order valence-electron chi connectivity index (χ2n) is 6.16. The number of aryl methyl sites for hydroxylation is 1. The maximum Gasteiger partial charge on any atom is 0.118 e. The van der Waals surface area contributed by atoms with Crippen molar-refractivity contribution in [2.45, 2.75) is 59.7 Å². The van der Waals surface area contributed by atoms with E-state index >= 15 is 0 Å². The van der Waals surface area contributed by atoms with E-state index in [-0.39, 0.29) is 5.54 Å². The lowest BCUT2D eigenvalue weighted by molar-refractivity contribution is 0.123. The van der Waals surface area contributed by atoms with Crippen LogP contribution < -0.4 is 5.32 Å². The fraction of sp³-hybridized carbons (Fsp3) is 0.625. The molecule has 0 saturated heterocycles. The Labute approximate surface area is 117 Å². The largest absolute Gasteiger partial charge is 0.465 e. The second kappa shape index (κ2) is 6.92. The van der Waals surface area contributed by atoms with Gasteiger partial charge in [-0.3, -0.25) is 0 Å². The molecule has 0 spiro atoms. The molecule has 0 aromatic carbocycles. The number of hydrogen-bond donors (Lipinski definition) is 1. The van der Waals surface area contributed by atoms with Crippen molar-refractivity contribution in [2.24, 2.45) is 0 Å². The van der Waals surface area contributed by atoms with Crippen LogP contribution in [0.1, 0.15) is 51.2 Å². The molecule has 0 atom stereocenters. The van der Waals surface area contributed by atoms with E-state index in [2.05, 4.69) is 38.7 Å². The van der Waals surface area contributed by atoms with Crippen molar-refractivity contribution in [1.82, 2.24) is 5.32 Å². The molecular weight excluding hydrogens is 238 g/mol. The van der Waals surface area contributed by atoms with Crippen LogP contribution in [0, 0.1) is 6.92 Å². The highest BCUT2D eigenvalue weighted by Gasteiger charge is 2.12. The Kier molecular flexibility index (Phi) is 5.83. The number of rotatable bonds is 7. The van der Waals surface area contributed by atoms with Gasteiger partial charge in [-0.15, -0.1) is 6.58 Å². The normalized spacial score (nSPS) is 11.8. The van der Waals surface area contributed by atoms with E-state index in [0.29, 0.717) is 6.61 Å². The van der Waals surface area contributed by atoms with Crippen molar-refractivity contribution in [3.05, 3.63) is 35.3 Å². The van der Waals surface area contributed by atoms with Gasteiger partial charge >= 0.3 is 0 Å². The zero-order valence-electron chi connectivity index (χ0n) is 12.9. The molecule has 0 fully saturated rings. The fourth-order valence-corrected chi connectivity index (χ4v) is 1.60. The highest BCUT2D eigenvalue weighted by Crippen LogP contribution is 2.16. The van der Waals surface area contributed by atoms with Gasteiger partial charge in [0.25, 0.3) is 0 Å². The molecule has 1 rings (SSSR count). The van der Waals surface area contributed by atoms with Gasteiger partial charge in [0.05, 0.1) is 19.8 Å². The average Bonchev–Trinajstić information content (AvgIpc) is 2.62.